The van der Waals surface area contributed by atoms with Crippen LogP contribution in [0.5, 0.6) is 0 Å². The lowest BCUT2D eigenvalue weighted by atomic mass is 10.0. The summed E-state index contributed by atoms with van der Waals surface area (Å²) >= 11 is 0. The zero-order valence-electron chi connectivity index (χ0n) is 12.5. The minimum atomic E-state index is -0.778. The molecule has 5 nitrogen and oxygen atoms in total. The minimum Gasteiger partial charge on any atom is -0.394 e. The average Bonchev–Trinajstić information content (AvgIpc) is 2.70. The Morgan fingerprint density at radius 1 is 1.26 bits per heavy atom. The summed E-state index contributed by atoms with van der Waals surface area (Å²) in [5.41, 5.74) is -0.397. The monoisotopic (exact) mass is 276 g/mol. The molecule has 0 aromatic heterocycles. The Kier molecular flexibility index (Phi) is 6.69. The highest BCUT2D eigenvalue weighted by Crippen LogP contribution is 2.28. The number of hydrogen-bond donors (Lipinski definition) is 2. The first-order chi connectivity index (χ1) is 8.95. The number of aliphatic hydroxyl groups excluding tert-OH is 2. The van der Waals surface area contributed by atoms with Gasteiger partial charge < -0.3 is 24.4 Å². The molecule has 19 heavy (non-hydrogen) atoms. The van der Waals surface area contributed by atoms with Crippen molar-refractivity contribution >= 4 is 0 Å². The van der Waals surface area contributed by atoms with E-state index in [2.05, 4.69) is 6.92 Å². The zero-order chi connectivity index (χ0) is 14.5. The van der Waals surface area contributed by atoms with Gasteiger partial charge in [0.2, 0.25) is 0 Å². The van der Waals surface area contributed by atoms with Gasteiger partial charge in [-0.2, -0.15) is 0 Å². The van der Waals surface area contributed by atoms with Crippen molar-refractivity contribution in [1.82, 2.24) is 0 Å². The fourth-order valence-corrected chi connectivity index (χ4v) is 2.16. The van der Waals surface area contributed by atoms with Gasteiger partial charge in [0, 0.05) is 7.11 Å². The molecule has 0 radical (unpaired) electrons. The van der Waals surface area contributed by atoms with E-state index in [1.807, 2.05) is 13.8 Å². The second-order valence-electron chi connectivity index (χ2n) is 5.77. The number of unbranched alkanes of at least 4 members (excludes halogenated alkanes) is 1. The second-order valence-corrected chi connectivity index (χ2v) is 5.77. The molecule has 0 spiro atoms. The maximum absolute atomic E-state index is 10.1. The number of hydrogen-bond acceptors (Lipinski definition) is 5. The molecule has 0 aromatic rings. The zero-order valence-corrected chi connectivity index (χ0v) is 12.5. The van der Waals surface area contributed by atoms with Crippen LogP contribution in [0.25, 0.3) is 0 Å². The maximum Gasteiger partial charge on any atom is 0.112 e. The molecule has 4 atom stereocenters. The molecule has 1 aliphatic heterocycles. The summed E-state index contributed by atoms with van der Waals surface area (Å²) in [5.74, 6) is 0. The molecule has 1 heterocycles. The third kappa shape index (κ3) is 4.68. The second kappa shape index (κ2) is 7.55. The molecule has 1 aliphatic rings. The van der Waals surface area contributed by atoms with Gasteiger partial charge in [-0.3, -0.25) is 0 Å². The summed E-state index contributed by atoms with van der Waals surface area (Å²) in [5, 5.41) is 19.3. The normalized spacial score (nSPS) is 31.9. The molecule has 1 rings (SSSR count). The molecule has 0 aromatic carbocycles. The first kappa shape index (κ1) is 16.9. The molecule has 1 saturated heterocycles. The van der Waals surface area contributed by atoms with E-state index in [0.29, 0.717) is 6.61 Å². The van der Waals surface area contributed by atoms with Gasteiger partial charge in [0.05, 0.1) is 24.9 Å². The smallest absolute Gasteiger partial charge is 0.112 e. The third-order valence-electron chi connectivity index (χ3n) is 3.63. The van der Waals surface area contributed by atoms with E-state index >= 15 is 0 Å². The van der Waals surface area contributed by atoms with E-state index < -0.39 is 23.9 Å². The van der Waals surface area contributed by atoms with Crippen LogP contribution in [0.1, 0.15) is 40.0 Å². The highest BCUT2D eigenvalue weighted by atomic mass is 16.6. The van der Waals surface area contributed by atoms with Crippen LogP contribution in [0.3, 0.4) is 0 Å². The number of ether oxygens (including phenoxy) is 3. The summed E-state index contributed by atoms with van der Waals surface area (Å²) in [6, 6.07) is 0. The lowest BCUT2D eigenvalue weighted by molar-refractivity contribution is -0.107. The largest absolute Gasteiger partial charge is 0.394 e. The molecule has 5 heteroatoms. The predicted molar refractivity (Wildman–Crippen MR) is 72.1 cm³/mol. The van der Waals surface area contributed by atoms with Crippen LogP contribution in [0.15, 0.2) is 0 Å². The van der Waals surface area contributed by atoms with Crippen molar-refractivity contribution in [1.29, 1.82) is 0 Å². The van der Waals surface area contributed by atoms with Crippen LogP contribution < -0.4 is 0 Å². The van der Waals surface area contributed by atoms with E-state index in [4.69, 9.17) is 14.2 Å². The lowest BCUT2D eigenvalue weighted by Gasteiger charge is -2.28. The predicted octanol–water partition coefficient (Wildman–Crippen LogP) is 1.11. The topological polar surface area (TPSA) is 68.2 Å². The molecular weight excluding hydrogens is 248 g/mol. The minimum absolute atomic E-state index is 0.153. The third-order valence-corrected chi connectivity index (χ3v) is 3.63. The molecule has 0 aliphatic carbocycles. The van der Waals surface area contributed by atoms with E-state index in [1.54, 1.807) is 7.11 Å². The molecule has 2 N–H and O–H groups in total. The molecule has 114 valence electrons. The lowest BCUT2D eigenvalue weighted by Crippen LogP contribution is -2.40. The number of methoxy groups -OCH3 is 1. The van der Waals surface area contributed by atoms with Crippen molar-refractivity contribution in [2.24, 2.45) is 0 Å². The van der Waals surface area contributed by atoms with E-state index in [1.165, 1.54) is 0 Å². The Hall–Kier alpha value is -0.200. The maximum atomic E-state index is 10.1. The Bertz CT molecular complexity index is 256. The fourth-order valence-electron chi connectivity index (χ4n) is 2.16. The average molecular weight is 276 g/mol. The summed E-state index contributed by atoms with van der Waals surface area (Å²) in [7, 11) is 1.63. The van der Waals surface area contributed by atoms with Gasteiger partial charge in [-0.1, -0.05) is 19.8 Å². The molecule has 0 bridgehead atoms. The van der Waals surface area contributed by atoms with Crippen molar-refractivity contribution in [3.05, 3.63) is 0 Å². The summed E-state index contributed by atoms with van der Waals surface area (Å²) in [6.07, 6.45) is 1.05. The van der Waals surface area contributed by atoms with E-state index in [0.717, 1.165) is 19.3 Å². The van der Waals surface area contributed by atoms with Crippen molar-refractivity contribution in [2.45, 2.75) is 70.1 Å². The van der Waals surface area contributed by atoms with Crippen molar-refractivity contribution in [3.8, 4) is 0 Å². The van der Waals surface area contributed by atoms with Gasteiger partial charge >= 0.3 is 0 Å². The first-order valence-electron chi connectivity index (χ1n) is 7.06. The van der Waals surface area contributed by atoms with Gasteiger partial charge in [-0.25, -0.2) is 0 Å². The van der Waals surface area contributed by atoms with Gasteiger partial charge in [-0.15, -0.1) is 0 Å². The Morgan fingerprint density at radius 2 is 1.95 bits per heavy atom. The van der Waals surface area contributed by atoms with Gasteiger partial charge in [-0.05, 0) is 20.3 Å². The molecule has 0 saturated carbocycles. The molecular formula is C14H28O5. The quantitative estimate of drug-likeness (QED) is 0.695. The van der Waals surface area contributed by atoms with E-state index in [9.17, 15) is 10.2 Å². The molecule has 1 fully saturated rings. The number of rotatable bonds is 8. The van der Waals surface area contributed by atoms with Crippen LogP contribution in [-0.4, -0.2) is 60.6 Å². The SMILES string of the molecule is CCCCC1OC(CO)C(O)C1OCC(C)(C)OC. The summed E-state index contributed by atoms with van der Waals surface area (Å²) < 4.78 is 16.8. The summed E-state index contributed by atoms with van der Waals surface area (Å²) in [6.45, 7) is 6.17. The van der Waals surface area contributed by atoms with Crippen molar-refractivity contribution < 1.29 is 24.4 Å². The van der Waals surface area contributed by atoms with Crippen LogP contribution >= 0.6 is 0 Å². The Labute approximate surface area is 115 Å². The molecule has 0 amide bonds. The van der Waals surface area contributed by atoms with Gasteiger partial charge in [0.15, 0.2) is 0 Å². The highest BCUT2D eigenvalue weighted by Gasteiger charge is 2.44. The number of aliphatic hydroxyl groups is 2. The van der Waals surface area contributed by atoms with Crippen LogP contribution in [0.2, 0.25) is 0 Å². The van der Waals surface area contributed by atoms with Crippen LogP contribution in [0.4, 0.5) is 0 Å². The van der Waals surface area contributed by atoms with Crippen LogP contribution in [-0.2, 0) is 14.2 Å². The fraction of sp³-hybridized carbons (Fsp3) is 1.00. The Morgan fingerprint density at radius 3 is 2.47 bits per heavy atom. The highest BCUT2D eigenvalue weighted by molar-refractivity contribution is 4.92. The van der Waals surface area contributed by atoms with Crippen molar-refractivity contribution in [3.63, 3.8) is 0 Å². The summed E-state index contributed by atoms with van der Waals surface area (Å²) in [4.78, 5) is 0. The molecule has 4 unspecified atom stereocenters. The first-order valence-corrected chi connectivity index (χ1v) is 7.06. The van der Waals surface area contributed by atoms with Gasteiger partial charge in [0.1, 0.15) is 18.3 Å². The van der Waals surface area contributed by atoms with Gasteiger partial charge in [0.25, 0.3) is 0 Å². The standard InChI is InChI=1S/C14H28O5/c1-5-6-7-10-13(12(16)11(8-15)19-10)18-9-14(2,3)17-4/h10-13,15-16H,5-9H2,1-4H3. The van der Waals surface area contributed by atoms with Crippen LogP contribution in [0, 0.1) is 0 Å². The van der Waals surface area contributed by atoms with E-state index in [-0.39, 0.29) is 12.7 Å². The van der Waals surface area contributed by atoms with Crippen molar-refractivity contribution in [2.75, 3.05) is 20.3 Å². The Balaban J connectivity index is 2.58.